The van der Waals surface area contributed by atoms with Crippen molar-refractivity contribution < 1.29 is 118 Å². The predicted molar refractivity (Wildman–Crippen MR) is 433 cm³/mol. The van der Waals surface area contributed by atoms with Gasteiger partial charge in [0.1, 0.15) is 78.3 Å². The van der Waals surface area contributed by atoms with E-state index in [-0.39, 0.29) is 70.5 Å². The van der Waals surface area contributed by atoms with E-state index in [2.05, 4.69) is 60.1 Å². The Kier molecular flexibility index (Phi) is 44.7. The molecule has 0 aromatic heterocycles. The van der Waals surface area contributed by atoms with Crippen molar-refractivity contribution in [3.05, 3.63) is 29.8 Å². The van der Waals surface area contributed by atoms with Crippen LogP contribution < -0.4 is 76.1 Å². The second-order valence-electron chi connectivity index (χ2n) is 31.9. The highest BCUT2D eigenvalue weighted by atomic mass is 16.5. The number of esters is 1. The first-order valence-electron chi connectivity index (χ1n) is 41.7. The van der Waals surface area contributed by atoms with Crippen LogP contribution in [0.25, 0.3) is 0 Å². The smallest absolute Gasteiger partial charge is 0.328 e. The van der Waals surface area contributed by atoms with Crippen molar-refractivity contribution in [3.8, 4) is 5.75 Å². The summed E-state index contributed by atoms with van der Waals surface area (Å²) >= 11 is 0. The zero-order chi connectivity index (χ0) is 89.8. The maximum atomic E-state index is 14.9. The Hall–Kier alpha value is -9.33. The molecule has 3 heterocycles. The number of benzene rings is 1. The number of rotatable bonds is 33. The lowest BCUT2D eigenvalue weighted by molar-refractivity contribution is -0.155. The Morgan fingerprint density at radius 1 is 0.550 bits per heavy atom. The molecule has 14 amide bonds. The number of ether oxygens (including phenoxy) is 1. The molecule has 678 valence electrons. The average Bonchev–Trinajstić information content (AvgIpc) is 1.63. The molecule has 20 atom stereocenters. The van der Waals surface area contributed by atoms with Gasteiger partial charge in [-0.3, -0.25) is 67.1 Å². The van der Waals surface area contributed by atoms with Crippen LogP contribution in [0.4, 0.5) is 0 Å². The van der Waals surface area contributed by atoms with Gasteiger partial charge in [0.2, 0.25) is 82.7 Å². The number of carbonyl (C=O) groups excluding carboxylic acids is 15. The summed E-state index contributed by atoms with van der Waals surface area (Å²) in [6.45, 7) is 9.00. The van der Waals surface area contributed by atoms with Gasteiger partial charge in [-0.05, 0) is 123 Å². The lowest BCUT2D eigenvalue weighted by Crippen LogP contribution is -2.64. The summed E-state index contributed by atoms with van der Waals surface area (Å²) in [6, 6.07) is -15.8. The quantitative estimate of drug-likeness (QED) is 0.0230. The molecule has 0 spiro atoms. The van der Waals surface area contributed by atoms with E-state index in [1.807, 2.05) is 0 Å². The molecule has 0 saturated carbocycles. The van der Waals surface area contributed by atoms with Gasteiger partial charge < -0.3 is 136 Å². The van der Waals surface area contributed by atoms with Gasteiger partial charge in [0.25, 0.3) is 0 Å². The second-order valence-corrected chi connectivity index (χ2v) is 31.9. The Labute approximate surface area is 699 Å². The summed E-state index contributed by atoms with van der Waals surface area (Å²) < 4.78 is 6.11. The van der Waals surface area contributed by atoms with Gasteiger partial charge in [-0.15, -0.1) is 0 Å². The molecule has 3 saturated heterocycles. The van der Waals surface area contributed by atoms with Gasteiger partial charge in [-0.2, -0.15) is 0 Å². The lowest BCUT2D eigenvalue weighted by atomic mass is 9.99. The van der Waals surface area contributed by atoms with Crippen LogP contribution in [0.15, 0.2) is 24.3 Å². The van der Waals surface area contributed by atoms with E-state index in [0.29, 0.717) is 36.1 Å². The Bertz CT molecular complexity index is 3540. The van der Waals surface area contributed by atoms with Gasteiger partial charge >= 0.3 is 5.97 Å². The van der Waals surface area contributed by atoms with Crippen molar-refractivity contribution in [1.29, 1.82) is 0 Å². The Balaban J connectivity index is 1.88. The van der Waals surface area contributed by atoms with Gasteiger partial charge in [-0.1, -0.05) is 97.1 Å². The Morgan fingerprint density at radius 2 is 1.06 bits per heavy atom. The minimum Gasteiger partial charge on any atom is -0.508 e. The number of hydrogen-bond acceptors (Lipinski definition) is 27. The molecule has 1 aromatic rings. The topological polar surface area (TPSA) is 661 Å². The maximum absolute atomic E-state index is 14.9. The molecule has 26 N–H and O–H groups in total. The van der Waals surface area contributed by atoms with Crippen molar-refractivity contribution in [1.82, 2.24) is 67.9 Å². The van der Waals surface area contributed by atoms with Gasteiger partial charge in [-0.25, -0.2) is 4.79 Å². The molecule has 41 nitrogen and oxygen atoms in total. The first-order chi connectivity index (χ1) is 56.7. The SMILES string of the molecule is CCCCCCCCCCCCCC1CC(=O)N[C@H](C(C)O)C(=O)N[C@@H](C)C(=O)N[C@@H](Cc2ccc(O)cc2)C(=O)NC(C(C)C)C(=O)N2C[C@H](O)C[C@H]2C(=O)N[C@H]([C@@H](C)O)C(=O)NC([C@H](C)O)C(=O)N2CC[C@H](O)C2C(=O)NC(C(O)CC(N)=O)C(=O)NCC(=O)N[C@H]([C@@H](C)O)C(=O)N[C@@H](CCCN(CCCN)C(=O)C(N)CCCN)C(=O)O1. The van der Waals surface area contributed by atoms with E-state index in [4.69, 9.17) is 27.7 Å². The summed E-state index contributed by atoms with van der Waals surface area (Å²) in [7, 11) is 0. The normalized spacial score (nSPS) is 26.7. The molecule has 120 heavy (non-hydrogen) atoms. The summed E-state index contributed by atoms with van der Waals surface area (Å²) in [4.78, 5) is 217. The molecule has 3 fully saturated rings. The number of aliphatic hydroxyl groups excluding tert-OH is 7. The second kappa shape index (κ2) is 52.1. The van der Waals surface area contributed by atoms with Crippen LogP contribution >= 0.6 is 0 Å². The molecule has 8 unspecified atom stereocenters. The van der Waals surface area contributed by atoms with Crippen LogP contribution in [0.3, 0.4) is 0 Å². The fraction of sp³-hybridized carbons (Fsp3) is 0.734. The molecule has 41 heteroatoms. The molecule has 4 rings (SSSR count). The molecule has 3 aliphatic heterocycles. The average molecular weight is 1710 g/mol. The highest BCUT2D eigenvalue weighted by Crippen LogP contribution is 2.26. The number of phenols is 1. The fourth-order valence-corrected chi connectivity index (χ4v) is 14.2. The molecular formula is C79H133N17O24. The first kappa shape index (κ1) is 103. The van der Waals surface area contributed by atoms with Crippen molar-refractivity contribution in [3.63, 3.8) is 0 Å². The summed E-state index contributed by atoms with van der Waals surface area (Å²) in [5.74, 6) is -18.1. The number of aromatic hydroxyl groups is 1. The zero-order valence-corrected chi connectivity index (χ0v) is 70.2. The van der Waals surface area contributed by atoms with E-state index >= 15 is 0 Å². The number of hydrogen-bond donors (Lipinski definition) is 22. The number of amides is 14. The van der Waals surface area contributed by atoms with Crippen molar-refractivity contribution in [2.45, 2.75) is 318 Å². The van der Waals surface area contributed by atoms with Crippen LogP contribution in [-0.2, 0) is 83.1 Å². The number of unbranched alkanes of at least 4 members (excludes halogenated alkanes) is 10. The van der Waals surface area contributed by atoms with Gasteiger partial charge in [0.05, 0.1) is 68.2 Å². The number of carbonyl (C=O) groups is 15. The number of phenolic OH excluding ortho intramolecular Hbond substituents is 1. The third-order valence-corrected chi connectivity index (χ3v) is 21.2. The molecule has 0 radical (unpaired) electrons. The van der Waals surface area contributed by atoms with Crippen LogP contribution in [0.5, 0.6) is 5.75 Å². The lowest BCUT2D eigenvalue weighted by Gasteiger charge is -2.34. The Morgan fingerprint density at radius 3 is 1.62 bits per heavy atom. The zero-order valence-electron chi connectivity index (χ0n) is 70.2. The van der Waals surface area contributed by atoms with E-state index in [9.17, 15) is 113 Å². The van der Waals surface area contributed by atoms with E-state index in [1.165, 1.54) is 49.9 Å². The van der Waals surface area contributed by atoms with Crippen LogP contribution in [0, 0.1) is 5.92 Å². The van der Waals surface area contributed by atoms with E-state index in [0.717, 1.165) is 90.4 Å². The van der Waals surface area contributed by atoms with Crippen LogP contribution in [0.2, 0.25) is 0 Å². The number of fused-ring (bicyclic) bond motifs is 2. The number of nitrogens with one attached hydrogen (secondary N) is 10. The summed E-state index contributed by atoms with van der Waals surface area (Å²) in [5, 5.41) is 112. The van der Waals surface area contributed by atoms with Crippen LogP contribution in [0.1, 0.15) is 196 Å². The maximum Gasteiger partial charge on any atom is 0.328 e. The third-order valence-electron chi connectivity index (χ3n) is 21.2. The minimum absolute atomic E-state index is 0.00493. The fourth-order valence-electron chi connectivity index (χ4n) is 14.2. The summed E-state index contributed by atoms with van der Waals surface area (Å²) in [5.41, 5.74) is 23.6. The standard InChI is InChI=1S/C79H133N17O24/c1-9-10-11-12-13-14-15-16-17-18-19-23-51-38-59(106)88-62(44(5)97)72(112)85-43(4)68(108)87-54(36-48-26-28-49(101)29-27-48)69(109)90-61(42(2)3)77(117)96-41-50(102)37-55(96)70(110)91-64(46(7)99)74(114)92-65(47(8)100)78(118)95-35-30-56(103)67(95)75(115)93-66(57(104)39-58(83)105)71(111)84-40-60(107)89-63(45(6)98)73(113)86-53(79(119)120-51)25-21-33-94(34-22-32-81)76(116)52(82)24-20-31-80/h26-29,42-47,50-57,61-67,97-104H,9-25,30-41,80-82H2,1-8H3,(H2,83,105)(H,84,111)(H,85,112)(H,86,113)(H,87,108)(H,88,106)(H,89,107)(H,90,109)(H,91,110)(H,92,114)(H,93,115)/t43-,44?,45+,46+,47-,50+,51?,52?,53-,54-,55-,56-,57?,61?,62+,63+,64+,65?,66?,67?/m0/s1. The summed E-state index contributed by atoms with van der Waals surface area (Å²) in [6.07, 6.45) is -6.20. The highest BCUT2D eigenvalue weighted by Gasteiger charge is 2.49. The monoisotopic (exact) mass is 1700 g/mol. The number of cyclic esters (lactones) is 1. The highest BCUT2D eigenvalue weighted by molar-refractivity contribution is 6.00. The van der Waals surface area contributed by atoms with E-state index < -0.39 is 255 Å². The molecule has 3 aliphatic rings. The number of primary amides is 1. The number of nitrogens with two attached hydrogens (primary N) is 4. The van der Waals surface area contributed by atoms with Crippen LogP contribution in [-0.4, -0.2) is 311 Å². The minimum atomic E-state index is -2.26. The van der Waals surface area contributed by atoms with Crippen molar-refractivity contribution in [2.24, 2.45) is 28.9 Å². The van der Waals surface area contributed by atoms with Gasteiger partial charge in [0.15, 0.2) is 0 Å². The largest absolute Gasteiger partial charge is 0.508 e. The van der Waals surface area contributed by atoms with Gasteiger partial charge in [0, 0.05) is 39.0 Å². The van der Waals surface area contributed by atoms with E-state index in [1.54, 1.807) is 0 Å². The molecule has 0 bridgehead atoms. The van der Waals surface area contributed by atoms with Crippen molar-refractivity contribution >= 4 is 88.7 Å². The third kappa shape index (κ3) is 33.6. The number of aliphatic hydroxyl groups is 7. The molecule has 0 aliphatic carbocycles. The first-order valence-corrected chi connectivity index (χ1v) is 41.7. The predicted octanol–water partition coefficient (Wildman–Crippen LogP) is -6.19. The molecule has 1 aromatic carbocycles. The van der Waals surface area contributed by atoms with Crippen molar-refractivity contribution in [2.75, 3.05) is 45.8 Å². The molecular weight excluding hydrogens is 1570 g/mol. The number of nitrogens with zero attached hydrogens (tertiary/aromatic N) is 3.